The fourth-order valence-electron chi connectivity index (χ4n) is 1.88. The van der Waals surface area contributed by atoms with Crippen LogP contribution in [0.2, 0.25) is 5.02 Å². The summed E-state index contributed by atoms with van der Waals surface area (Å²) in [6.45, 7) is 2.68. The lowest BCUT2D eigenvalue weighted by Crippen LogP contribution is -2.23. The molecule has 0 spiro atoms. The van der Waals surface area contributed by atoms with Crippen molar-refractivity contribution in [2.24, 2.45) is 0 Å². The quantitative estimate of drug-likeness (QED) is 0.781. The Kier molecular flexibility index (Phi) is 6.21. The molecule has 2 rings (SSSR count). The smallest absolute Gasteiger partial charge is 0.286 e. The number of rotatable bonds is 7. The van der Waals surface area contributed by atoms with Crippen molar-refractivity contribution in [3.63, 3.8) is 0 Å². The first-order chi connectivity index (χ1) is 10.6. The van der Waals surface area contributed by atoms with E-state index < -0.39 is 10.8 Å². The second-order valence-corrected chi connectivity index (χ2v) is 6.62. The lowest BCUT2D eigenvalue weighted by Gasteiger charge is -2.03. The van der Waals surface area contributed by atoms with Gasteiger partial charge in [-0.3, -0.25) is 9.00 Å². The molecule has 1 amide bonds. The molecule has 0 fully saturated rings. The first kappa shape index (κ1) is 16.8. The van der Waals surface area contributed by atoms with Gasteiger partial charge in [0.2, 0.25) is 0 Å². The summed E-state index contributed by atoms with van der Waals surface area (Å²) >= 11 is 6.02. The third-order valence-corrected chi connectivity index (χ3v) is 4.89. The SMILES string of the molecule is CCCCNC(=O)c1ccc(C[S@](=O)c2ccccc2Cl)o1. The van der Waals surface area contributed by atoms with Gasteiger partial charge in [0.15, 0.2) is 5.76 Å². The Morgan fingerprint density at radius 1 is 1.27 bits per heavy atom. The van der Waals surface area contributed by atoms with E-state index in [0.717, 1.165) is 12.8 Å². The van der Waals surface area contributed by atoms with Crippen LogP contribution in [0.3, 0.4) is 0 Å². The number of amides is 1. The van der Waals surface area contributed by atoms with Crippen LogP contribution in [0.25, 0.3) is 0 Å². The molecule has 118 valence electrons. The number of nitrogens with one attached hydrogen (secondary N) is 1. The number of halogens is 1. The zero-order chi connectivity index (χ0) is 15.9. The van der Waals surface area contributed by atoms with Crippen LogP contribution in [0, 0.1) is 0 Å². The average Bonchev–Trinajstić information content (AvgIpc) is 2.96. The van der Waals surface area contributed by atoms with Gasteiger partial charge in [-0.25, -0.2) is 0 Å². The summed E-state index contributed by atoms with van der Waals surface area (Å²) in [6.07, 6.45) is 1.94. The molecule has 0 saturated heterocycles. The summed E-state index contributed by atoms with van der Waals surface area (Å²) < 4.78 is 17.8. The predicted octanol–water partition coefficient (Wildman–Crippen LogP) is 3.77. The van der Waals surface area contributed by atoms with Crippen molar-refractivity contribution < 1.29 is 13.4 Å². The lowest BCUT2D eigenvalue weighted by molar-refractivity contribution is 0.0924. The highest BCUT2D eigenvalue weighted by Gasteiger charge is 2.14. The predicted molar refractivity (Wildman–Crippen MR) is 87.5 cm³/mol. The van der Waals surface area contributed by atoms with Gasteiger partial charge in [-0.1, -0.05) is 37.1 Å². The molecule has 1 aromatic carbocycles. The second kappa shape index (κ2) is 8.15. The molecule has 4 nitrogen and oxygen atoms in total. The summed E-state index contributed by atoms with van der Waals surface area (Å²) in [5, 5.41) is 3.24. The maximum atomic E-state index is 12.3. The summed E-state index contributed by atoms with van der Waals surface area (Å²) in [7, 11) is -1.31. The highest BCUT2D eigenvalue weighted by molar-refractivity contribution is 7.84. The molecule has 0 unspecified atom stereocenters. The van der Waals surface area contributed by atoms with Crippen molar-refractivity contribution in [1.82, 2.24) is 5.32 Å². The van der Waals surface area contributed by atoms with Crippen LogP contribution < -0.4 is 5.32 Å². The van der Waals surface area contributed by atoms with Gasteiger partial charge in [-0.2, -0.15) is 0 Å². The average molecular weight is 340 g/mol. The van der Waals surface area contributed by atoms with Crippen molar-refractivity contribution in [3.8, 4) is 0 Å². The van der Waals surface area contributed by atoms with Gasteiger partial charge in [-0.05, 0) is 30.7 Å². The third kappa shape index (κ3) is 4.45. The number of hydrogen-bond acceptors (Lipinski definition) is 3. The fourth-order valence-corrected chi connectivity index (χ4v) is 3.36. The molecule has 2 aromatic rings. The fraction of sp³-hybridized carbons (Fsp3) is 0.312. The summed E-state index contributed by atoms with van der Waals surface area (Å²) in [5.74, 6) is 0.677. The Hall–Kier alpha value is -1.59. The first-order valence-electron chi connectivity index (χ1n) is 7.11. The van der Waals surface area contributed by atoms with Crippen molar-refractivity contribution in [2.75, 3.05) is 6.54 Å². The number of benzene rings is 1. The third-order valence-electron chi connectivity index (χ3n) is 3.06. The zero-order valence-electron chi connectivity index (χ0n) is 12.3. The van der Waals surface area contributed by atoms with Crippen LogP contribution in [0.1, 0.15) is 36.1 Å². The van der Waals surface area contributed by atoms with Gasteiger partial charge in [0.25, 0.3) is 5.91 Å². The molecule has 1 heterocycles. The van der Waals surface area contributed by atoms with Crippen LogP contribution in [-0.2, 0) is 16.6 Å². The second-order valence-electron chi connectivity index (χ2n) is 4.80. The van der Waals surface area contributed by atoms with Gasteiger partial charge in [0.1, 0.15) is 5.76 Å². The van der Waals surface area contributed by atoms with Gasteiger partial charge in [0, 0.05) is 6.54 Å². The molecule has 1 atom stereocenters. The molecular formula is C16H18ClNO3S. The minimum absolute atomic E-state index is 0.186. The van der Waals surface area contributed by atoms with Crippen LogP contribution in [0.15, 0.2) is 45.7 Å². The Balaban J connectivity index is 1.99. The molecule has 0 saturated carbocycles. The van der Waals surface area contributed by atoms with Crippen LogP contribution in [0.4, 0.5) is 0 Å². The number of hydrogen-bond donors (Lipinski definition) is 1. The van der Waals surface area contributed by atoms with E-state index in [0.29, 0.717) is 22.2 Å². The van der Waals surface area contributed by atoms with Crippen molar-refractivity contribution in [3.05, 3.63) is 52.9 Å². The topological polar surface area (TPSA) is 59.3 Å². The summed E-state index contributed by atoms with van der Waals surface area (Å²) in [4.78, 5) is 12.4. The summed E-state index contributed by atoms with van der Waals surface area (Å²) in [6, 6.07) is 10.3. The molecule has 0 aliphatic carbocycles. The van der Waals surface area contributed by atoms with Crippen LogP contribution >= 0.6 is 11.6 Å². The summed E-state index contributed by atoms with van der Waals surface area (Å²) in [5.41, 5.74) is 0. The van der Waals surface area contributed by atoms with Crippen molar-refractivity contribution >= 4 is 28.3 Å². The van der Waals surface area contributed by atoms with Gasteiger partial charge in [0.05, 0.1) is 26.5 Å². The van der Waals surface area contributed by atoms with E-state index >= 15 is 0 Å². The standard InChI is InChI=1S/C16H18ClNO3S/c1-2-3-10-18-16(19)14-9-8-12(21-14)11-22(20)15-7-5-4-6-13(15)17/h4-9H,2-3,10-11H2,1H3,(H,18,19)/t22-/m0/s1. The minimum atomic E-state index is -1.31. The molecule has 0 aliphatic rings. The molecule has 0 aliphatic heterocycles. The molecule has 0 bridgehead atoms. The number of carbonyl (C=O) groups excluding carboxylic acids is 1. The van der Waals surface area contributed by atoms with Crippen LogP contribution in [-0.4, -0.2) is 16.7 Å². The first-order valence-corrected chi connectivity index (χ1v) is 8.81. The maximum absolute atomic E-state index is 12.3. The normalized spacial score (nSPS) is 12.1. The van der Waals surface area contributed by atoms with E-state index in [1.165, 1.54) is 0 Å². The van der Waals surface area contributed by atoms with Gasteiger partial charge < -0.3 is 9.73 Å². The number of furan rings is 1. The van der Waals surface area contributed by atoms with Crippen LogP contribution in [0.5, 0.6) is 0 Å². The minimum Gasteiger partial charge on any atom is -0.455 e. The highest BCUT2D eigenvalue weighted by Crippen LogP contribution is 2.22. The molecule has 1 aromatic heterocycles. The lowest BCUT2D eigenvalue weighted by atomic mass is 10.3. The highest BCUT2D eigenvalue weighted by atomic mass is 35.5. The molecule has 22 heavy (non-hydrogen) atoms. The van der Waals surface area contributed by atoms with E-state index in [4.69, 9.17) is 16.0 Å². The Bertz CT molecular complexity index is 669. The maximum Gasteiger partial charge on any atom is 0.286 e. The van der Waals surface area contributed by atoms with E-state index in [9.17, 15) is 9.00 Å². The monoisotopic (exact) mass is 339 g/mol. The van der Waals surface area contributed by atoms with Gasteiger partial charge >= 0.3 is 0 Å². The van der Waals surface area contributed by atoms with E-state index in [-0.39, 0.29) is 17.4 Å². The number of unbranched alkanes of at least 4 members (excludes halogenated alkanes) is 1. The van der Waals surface area contributed by atoms with E-state index in [2.05, 4.69) is 12.2 Å². The molecular weight excluding hydrogens is 322 g/mol. The van der Waals surface area contributed by atoms with E-state index in [1.807, 2.05) is 0 Å². The van der Waals surface area contributed by atoms with Crippen molar-refractivity contribution in [1.29, 1.82) is 0 Å². The Labute approximate surface area is 137 Å². The zero-order valence-corrected chi connectivity index (χ0v) is 13.9. The van der Waals surface area contributed by atoms with E-state index in [1.54, 1.807) is 36.4 Å². The largest absolute Gasteiger partial charge is 0.455 e. The Morgan fingerprint density at radius 3 is 2.77 bits per heavy atom. The molecule has 6 heteroatoms. The van der Waals surface area contributed by atoms with Gasteiger partial charge in [-0.15, -0.1) is 0 Å². The molecule has 0 radical (unpaired) electrons. The number of carbonyl (C=O) groups is 1. The molecule has 1 N–H and O–H groups in total. The van der Waals surface area contributed by atoms with Crippen molar-refractivity contribution in [2.45, 2.75) is 30.4 Å². The Morgan fingerprint density at radius 2 is 2.05 bits per heavy atom.